The summed E-state index contributed by atoms with van der Waals surface area (Å²) in [5.74, 6) is 0.352. The Labute approximate surface area is 195 Å². The maximum absolute atomic E-state index is 13.3. The van der Waals surface area contributed by atoms with Crippen molar-refractivity contribution in [2.24, 2.45) is 4.99 Å². The van der Waals surface area contributed by atoms with Crippen LogP contribution in [0.1, 0.15) is 33.3 Å². The number of rotatable bonds is 5. The van der Waals surface area contributed by atoms with E-state index in [1.165, 1.54) is 0 Å². The van der Waals surface area contributed by atoms with Crippen molar-refractivity contribution in [1.29, 1.82) is 0 Å². The number of nitrogens with one attached hydrogen (secondary N) is 1. The van der Waals surface area contributed by atoms with Gasteiger partial charge in [0.15, 0.2) is 5.84 Å². The minimum atomic E-state index is -3.83. The molecule has 0 aromatic heterocycles. The van der Waals surface area contributed by atoms with E-state index in [1.807, 2.05) is 71.0 Å². The normalized spacial score (nSPS) is 17.2. The molecular weight excluding hydrogens is 436 g/mol. The molecule has 3 aromatic rings. The lowest BCUT2D eigenvalue weighted by molar-refractivity contribution is -0.158. The lowest BCUT2D eigenvalue weighted by atomic mass is 9.84. The number of amidine groups is 1. The molecule has 0 saturated carbocycles. The van der Waals surface area contributed by atoms with Gasteiger partial charge in [-0.2, -0.15) is 5.06 Å². The third kappa shape index (κ3) is 3.83. The van der Waals surface area contributed by atoms with Crippen LogP contribution in [0.25, 0.3) is 10.8 Å². The van der Waals surface area contributed by atoms with Crippen molar-refractivity contribution < 1.29 is 13.6 Å². The van der Waals surface area contributed by atoms with Crippen molar-refractivity contribution in [3.63, 3.8) is 0 Å². The maximum atomic E-state index is 13.3. The molecule has 7 nitrogen and oxygen atoms in total. The van der Waals surface area contributed by atoms with Gasteiger partial charge in [0.1, 0.15) is 0 Å². The minimum Gasteiger partial charge on any atom is -0.377 e. The Bertz CT molecular complexity index is 1340. The molecule has 1 N–H and O–H groups in total. The molecule has 8 heteroatoms. The number of hydrogen-bond donors (Lipinski definition) is 1. The van der Waals surface area contributed by atoms with E-state index in [-0.39, 0.29) is 4.90 Å². The van der Waals surface area contributed by atoms with Crippen molar-refractivity contribution in [2.45, 2.75) is 43.7 Å². The average molecular weight is 466 g/mol. The molecule has 4 rings (SSSR count). The zero-order chi connectivity index (χ0) is 24.2. The molecule has 0 spiro atoms. The lowest BCUT2D eigenvalue weighted by Crippen LogP contribution is -2.50. The number of aliphatic imine (C=N–C) groups is 1. The van der Waals surface area contributed by atoms with Gasteiger partial charge in [-0.15, -0.1) is 0 Å². The Balaban J connectivity index is 1.65. The summed E-state index contributed by atoms with van der Waals surface area (Å²) in [7, 11) is 0.0194. The predicted octanol–water partition coefficient (Wildman–Crippen LogP) is 4.67. The molecule has 0 saturated heterocycles. The molecule has 33 heavy (non-hydrogen) atoms. The highest BCUT2D eigenvalue weighted by molar-refractivity contribution is 7.93. The van der Waals surface area contributed by atoms with Gasteiger partial charge < -0.3 is 4.90 Å². The first-order valence-corrected chi connectivity index (χ1v) is 12.2. The van der Waals surface area contributed by atoms with Gasteiger partial charge in [-0.3, -0.25) is 9.71 Å². The zero-order valence-electron chi connectivity index (χ0n) is 19.7. The molecule has 173 valence electrons. The number of fused-ring (bicyclic) bond motifs is 1. The van der Waals surface area contributed by atoms with E-state index in [9.17, 15) is 13.6 Å². The van der Waals surface area contributed by atoms with Crippen LogP contribution < -0.4 is 9.62 Å². The molecule has 0 atom stereocenters. The molecule has 1 aliphatic heterocycles. The van der Waals surface area contributed by atoms with E-state index >= 15 is 0 Å². The first kappa shape index (κ1) is 23.1. The average Bonchev–Trinajstić information content (AvgIpc) is 2.92. The van der Waals surface area contributed by atoms with E-state index in [2.05, 4.69) is 9.71 Å². The fourth-order valence-electron chi connectivity index (χ4n) is 3.93. The van der Waals surface area contributed by atoms with Crippen LogP contribution in [-0.2, 0) is 15.2 Å². The molecule has 1 radical (unpaired) electrons. The highest BCUT2D eigenvalue weighted by Crippen LogP contribution is 2.38. The third-order valence-electron chi connectivity index (χ3n) is 6.61. The number of hydroxylamine groups is 2. The lowest BCUT2D eigenvalue weighted by Gasteiger charge is -2.35. The molecule has 0 aliphatic carbocycles. The summed E-state index contributed by atoms with van der Waals surface area (Å²) in [4.78, 5) is 6.79. The quantitative estimate of drug-likeness (QED) is 0.593. The van der Waals surface area contributed by atoms with Crippen LogP contribution in [0.3, 0.4) is 0 Å². The summed E-state index contributed by atoms with van der Waals surface area (Å²) < 4.78 is 29.2. The molecule has 0 bridgehead atoms. The highest BCUT2D eigenvalue weighted by atomic mass is 32.2. The van der Waals surface area contributed by atoms with Gasteiger partial charge in [0.05, 0.1) is 16.0 Å². The molecule has 1 aliphatic rings. The van der Waals surface area contributed by atoms with Gasteiger partial charge in [0.25, 0.3) is 10.0 Å². The van der Waals surface area contributed by atoms with Gasteiger partial charge in [0.2, 0.25) is 0 Å². The van der Waals surface area contributed by atoms with Crippen LogP contribution in [-0.4, -0.2) is 44.5 Å². The zero-order valence-corrected chi connectivity index (χ0v) is 20.6. The summed E-state index contributed by atoms with van der Waals surface area (Å²) >= 11 is 0. The van der Waals surface area contributed by atoms with Gasteiger partial charge >= 0.3 is 0 Å². The number of anilines is 2. The standard InChI is InChI=1S/C25H29N4O3S/c1-24(2)25(3,4)29(30)23(26-24)17-13-15-18(16-14-17)27-33(31,32)22-12-8-9-19-20(22)10-7-11-21(19)28(5)6/h7-16,27H,1-6H3. The molecule has 1 heterocycles. The fraction of sp³-hybridized carbons (Fsp3) is 0.320. The summed E-state index contributed by atoms with van der Waals surface area (Å²) in [6, 6.07) is 17.6. The van der Waals surface area contributed by atoms with Gasteiger partial charge in [-0.1, -0.05) is 29.5 Å². The minimum absolute atomic E-state index is 0.210. The van der Waals surface area contributed by atoms with Crippen molar-refractivity contribution in [3.8, 4) is 0 Å². The van der Waals surface area contributed by atoms with E-state index < -0.39 is 21.1 Å². The Morgan fingerprint density at radius 2 is 1.48 bits per heavy atom. The second-order valence-electron chi connectivity index (χ2n) is 9.55. The van der Waals surface area contributed by atoms with Crippen LogP contribution in [0, 0.1) is 0 Å². The summed E-state index contributed by atoms with van der Waals surface area (Å²) in [5.41, 5.74) is 0.785. The molecular formula is C25H29N4O3S. The van der Waals surface area contributed by atoms with Crippen LogP contribution in [0.5, 0.6) is 0 Å². The molecule has 3 aromatic carbocycles. The van der Waals surface area contributed by atoms with Crippen LogP contribution in [0.4, 0.5) is 11.4 Å². The van der Waals surface area contributed by atoms with Gasteiger partial charge in [0, 0.05) is 41.8 Å². The Kier molecular flexibility index (Phi) is 5.41. The summed E-state index contributed by atoms with van der Waals surface area (Å²) in [5, 5.41) is 15.3. The second-order valence-corrected chi connectivity index (χ2v) is 11.2. The second kappa shape index (κ2) is 7.74. The van der Waals surface area contributed by atoms with Crippen LogP contribution in [0.15, 0.2) is 70.6 Å². The summed E-state index contributed by atoms with van der Waals surface area (Å²) in [6.07, 6.45) is 0. The third-order valence-corrected chi connectivity index (χ3v) is 8.05. The number of sulfonamides is 1. The van der Waals surface area contributed by atoms with Gasteiger partial charge in [-0.05, 0) is 64.1 Å². The number of benzene rings is 3. The van der Waals surface area contributed by atoms with E-state index in [0.717, 1.165) is 16.1 Å². The Morgan fingerprint density at radius 1 is 0.879 bits per heavy atom. The predicted molar refractivity (Wildman–Crippen MR) is 133 cm³/mol. The monoisotopic (exact) mass is 465 g/mol. The van der Waals surface area contributed by atoms with E-state index in [1.54, 1.807) is 36.4 Å². The van der Waals surface area contributed by atoms with Crippen LogP contribution in [0.2, 0.25) is 0 Å². The van der Waals surface area contributed by atoms with E-state index in [4.69, 9.17) is 0 Å². The van der Waals surface area contributed by atoms with Crippen molar-refractivity contribution in [2.75, 3.05) is 23.7 Å². The number of hydrogen-bond acceptors (Lipinski definition) is 5. The Hall–Kier alpha value is -3.10. The first-order chi connectivity index (χ1) is 15.3. The van der Waals surface area contributed by atoms with E-state index in [0.29, 0.717) is 22.5 Å². The largest absolute Gasteiger partial charge is 0.377 e. The van der Waals surface area contributed by atoms with Crippen molar-refractivity contribution in [3.05, 3.63) is 66.2 Å². The molecule has 0 fully saturated rings. The van der Waals surface area contributed by atoms with Crippen LogP contribution >= 0.6 is 0 Å². The highest BCUT2D eigenvalue weighted by Gasteiger charge is 2.50. The topological polar surface area (TPSA) is 84.9 Å². The maximum Gasteiger partial charge on any atom is 0.262 e. The smallest absolute Gasteiger partial charge is 0.262 e. The van der Waals surface area contributed by atoms with Gasteiger partial charge in [-0.25, -0.2) is 8.42 Å². The van der Waals surface area contributed by atoms with Crippen molar-refractivity contribution in [1.82, 2.24) is 5.06 Å². The summed E-state index contributed by atoms with van der Waals surface area (Å²) in [6.45, 7) is 7.59. The number of nitrogens with zero attached hydrogens (tertiary/aromatic N) is 3. The SMILES string of the molecule is CN(C)c1cccc2c(S(=O)(=O)Nc3ccc(C4=NC(C)(C)C(C)(C)N4[O])cc3)cccc12. The molecule has 0 unspecified atom stereocenters. The molecule has 0 amide bonds. The van der Waals surface area contributed by atoms with Crippen molar-refractivity contribution >= 4 is 38.0 Å². The Morgan fingerprint density at radius 3 is 2.06 bits per heavy atom. The fourth-order valence-corrected chi connectivity index (χ4v) is 5.21. The first-order valence-electron chi connectivity index (χ1n) is 10.7.